The van der Waals surface area contributed by atoms with Crippen LogP contribution in [0.3, 0.4) is 0 Å². The van der Waals surface area contributed by atoms with Crippen molar-refractivity contribution in [2.75, 3.05) is 0 Å². The summed E-state index contributed by atoms with van der Waals surface area (Å²) in [6.07, 6.45) is 0. The van der Waals surface area contributed by atoms with E-state index in [2.05, 4.69) is 5.11 Å². The van der Waals surface area contributed by atoms with Gasteiger partial charge in [-0.3, -0.25) is 0 Å². The van der Waals surface area contributed by atoms with E-state index in [1.165, 1.54) is 6.07 Å². The van der Waals surface area contributed by atoms with Gasteiger partial charge in [0.25, 0.3) is 1.43 Å². The molecule has 9 heavy (non-hydrogen) atoms. The summed E-state index contributed by atoms with van der Waals surface area (Å²) >= 11 is 5.60. The second kappa shape index (κ2) is 2.28. The highest BCUT2D eigenvalue weighted by molar-refractivity contribution is 6.30. The fraction of sp³-hybridized carbons (Fsp3) is 0.143. The quantitative estimate of drug-likeness (QED) is 0.643. The lowest BCUT2D eigenvalue weighted by molar-refractivity contribution is 0.471. The minimum Gasteiger partial charge on any atom is -0.508 e. The molecular formula is C7H7ClO. The molecule has 0 atom stereocenters. The van der Waals surface area contributed by atoms with Crippen LogP contribution in [0, 0.1) is 6.92 Å². The molecule has 0 spiro atoms. The molecule has 0 heterocycles. The SMILES string of the molecule is [2H]Oc1cc(Cl)c([2H])c([2H])c1C. The zero-order valence-corrected chi connectivity index (χ0v) is 5.62. The molecule has 1 N–H and O–H groups in total. The van der Waals surface area contributed by atoms with Crippen molar-refractivity contribution >= 4 is 11.6 Å². The van der Waals surface area contributed by atoms with E-state index >= 15 is 0 Å². The Morgan fingerprint density at radius 3 is 3.22 bits per heavy atom. The smallest absolute Gasteiger partial charge is 0.293 e. The molecule has 1 aromatic rings. The molecule has 48 valence electrons. The number of benzene rings is 1. The van der Waals surface area contributed by atoms with Gasteiger partial charge in [0.1, 0.15) is 5.75 Å². The van der Waals surface area contributed by atoms with E-state index in [0.717, 1.165) is 0 Å². The predicted octanol–water partition coefficient (Wildman–Crippen LogP) is 2.35. The van der Waals surface area contributed by atoms with Crippen molar-refractivity contribution in [2.45, 2.75) is 6.92 Å². The number of aromatic hydroxyl groups is 1. The van der Waals surface area contributed by atoms with Crippen LogP contribution in [0.25, 0.3) is 0 Å². The van der Waals surface area contributed by atoms with E-state index in [4.69, 9.17) is 15.8 Å². The van der Waals surface area contributed by atoms with Crippen LogP contribution in [0.15, 0.2) is 18.2 Å². The average molecular weight is 146 g/mol. The first kappa shape index (κ1) is 3.47. The summed E-state index contributed by atoms with van der Waals surface area (Å²) in [5, 5.41) is 4.36. The topological polar surface area (TPSA) is 20.2 Å². The van der Waals surface area contributed by atoms with E-state index in [9.17, 15) is 0 Å². The van der Waals surface area contributed by atoms with Gasteiger partial charge >= 0.3 is 0 Å². The fourth-order valence-electron chi connectivity index (χ4n) is 0.474. The predicted molar refractivity (Wildman–Crippen MR) is 37.9 cm³/mol. The highest BCUT2D eigenvalue weighted by Gasteiger charge is 1.93. The summed E-state index contributed by atoms with van der Waals surface area (Å²) < 4.78 is 21.4. The minimum atomic E-state index is -0.0324. The molecule has 0 amide bonds. The van der Waals surface area contributed by atoms with Crippen molar-refractivity contribution in [1.82, 2.24) is 0 Å². The molecule has 0 saturated heterocycles. The van der Waals surface area contributed by atoms with E-state index in [0.29, 0.717) is 5.56 Å². The van der Waals surface area contributed by atoms with Crippen LogP contribution in [0.4, 0.5) is 0 Å². The third-order valence-corrected chi connectivity index (χ3v) is 1.20. The molecule has 0 aliphatic rings. The Bertz CT molecular complexity index is 314. The molecule has 1 nitrogen and oxygen atoms in total. The average Bonchev–Trinajstić information content (AvgIpc) is 2.08. The Labute approximate surface area is 63.2 Å². The Hall–Kier alpha value is -0.690. The van der Waals surface area contributed by atoms with Crippen LogP contribution >= 0.6 is 11.6 Å². The molecule has 0 radical (unpaired) electrons. The first-order valence-electron chi connectivity index (χ1n) is 3.88. The van der Waals surface area contributed by atoms with Crippen LogP contribution in [-0.4, -0.2) is 6.54 Å². The molecule has 0 fully saturated rings. The molecule has 0 saturated carbocycles. The van der Waals surface area contributed by atoms with Gasteiger partial charge in [-0.25, -0.2) is 0 Å². The number of hydrogen-bond acceptors (Lipinski definition) is 1. The van der Waals surface area contributed by atoms with Gasteiger partial charge < -0.3 is 5.11 Å². The van der Waals surface area contributed by atoms with E-state index < -0.39 is 0 Å². The standard InChI is InChI=1S/C7H7ClO/c1-5-2-3-6(8)4-7(5)9/h2-4,9H,1H3/i2D,3D/hD. The molecule has 0 aliphatic heterocycles. The zero-order valence-electron chi connectivity index (χ0n) is 7.86. The van der Waals surface area contributed by atoms with E-state index in [1.54, 1.807) is 6.92 Å². The van der Waals surface area contributed by atoms with Gasteiger partial charge in [0, 0.05) is 5.02 Å². The lowest BCUT2D eigenvalue weighted by atomic mass is 10.2. The maximum atomic E-state index is 7.39. The summed E-state index contributed by atoms with van der Waals surface area (Å²) in [6.45, 7) is 1.61. The lowest BCUT2D eigenvalue weighted by Gasteiger charge is -1.95. The molecule has 1 rings (SSSR count). The maximum Gasteiger partial charge on any atom is 0.293 e. The molecule has 0 unspecified atom stereocenters. The maximum absolute atomic E-state index is 7.39. The minimum absolute atomic E-state index is 0.00440. The second-order valence-electron chi connectivity index (χ2n) is 1.73. The van der Waals surface area contributed by atoms with Crippen LogP contribution < -0.4 is 0 Å². The summed E-state index contributed by atoms with van der Waals surface area (Å²) in [5.74, 6) is 0.223. The van der Waals surface area contributed by atoms with Crippen LogP contribution in [-0.2, 0) is 0 Å². The number of phenolic OH excluding ortho intramolecular Hbond substituents is 1. The van der Waals surface area contributed by atoms with Crippen molar-refractivity contribution in [3.63, 3.8) is 0 Å². The summed E-state index contributed by atoms with van der Waals surface area (Å²) in [5.41, 5.74) is 0.458. The molecule has 0 aliphatic carbocycles. The normalized spacial score (nSPS) is 13.8. The molecule has 0 bridgehead atoms. The van der Waals surface area contributed by atoms with Gasteiger partial charge in [0.2, 0.25) is 0 Å². The van der Waals surface area contributed by atoms with Crippen LogP contribution in [0.1, 0.15) is 8.30 Å². The zero-order chi connectivity index (χ0) is 9.30. The number of halogens is 1. The van der Waals surface area contributed by atoms with E-state index in [-0.39, 0.29) is 22.9 Å². The second-order valence-corrected chi connectivity index (χ2v) is 2.14. The van der Waals surface area contributed by atoms with Gasteiger partial charge in [-0.15, -0.1) is 0 Å². The van der Waals surface area contributed by atoms with Gasteiger partial charge in [-0.1, -0.05) is 17.6 Å². The van der Waals surface area contributed by atoms with Crippen molar-refractivity contribution < 1.29 is 7.85 Å². The van der Waals surface area contributed by atoms with Crippen LogP contribution in [0.2, 0.25) is 5.02 Å². The molecule has 2 heteroatoms. The Morgan fingerprint density at radius 2 is 2.56 bits per heavy atom. The Balaban J connectivity index is 3.39. The van der Waals surface area contributed by atoms with Gasteiger partial charge in [0.05, 0.1) is 2.74 Å². The molecular weight excluding hydrogens is 136 g/mol. The number of phenols is 1. The van der Waals surface area contributed by atoms with Crippen molar-refractivity contribution in [3.8, 4) is 5.75 Å². The Morgan fingerprint density at radius 1 is 1.78 bits per heavy atom. The highest BCUT2D eigenvalue weighted by Crippen LogP contribution is 2.19. The van der Waals surface area contributed by atoms with Crippen molar-refractivity contribution in [2.24, 2.45) is 0 Å². The number of hydrogen-bond donors (Lipinski definition) is 1. The van der Waals surface area contributed by atoms with Gasteiger partial charge in [-0.2, -0.15) is 0 Å². The number of rotatable bonds is 1. The third kappa shape index (κ3) is 1.36. The first-order valence-corrected chi connectivity index (χ1v) is 2.85. The monoisotopic (exact) mass is 145 g/mol. The highest BCUT2D eigenvalue weighted by atomic mass is 35.5. The summed E-state index contributed by atoms with van der Waals surface area (Å²) in [7, 11) is 0. The third-order valence-electron chi connectivity index (χ3n) is 0.997. The van der Waals surface area contributed by atoms with E-state index in [1.807, 2.05) is 0 Å². The van der Waals surface area contributed by atoms with Crippen LogP contribution in [0.5, 0.6) is 5.75 Å². The molecule has 1 aromatic carbocycles. The first-order chi connectivity index (χ1) is 5.57. The molecule has 0 aromatic heterocycles. The van der Waals surface area contributed by atoms with Gasteiger partial charge in [-0.05, 0) is 24.6 Å². The largest absolute Gasteiger partial charge is 0.508 e. The summed E-state index contributed by atoms with van der Waals surface area (Å²) in [6, 6.07) is 1.34. The lowest BCUT2D eigenvalue weighted by Crippen LogP contribution is -1.71. The van der Waals surface area contributed by atoms with Crippen molar-refractivity contribution in [1.29, 1.82) is 1.43 Å². The summed E-state index contributed by atoms with van der Waals surface area (Å²) in [4.78, 5) is 0. The Kier molecular flexibility index (Phi) is 0.878. The van der Waals surface area contributed by atoms with Gasteiger partial charge in [0.15, 0.2) is 0 Å². The van der Waals surface area contributed by atoms with Crippen molar-refractivity contribution in [3.05, 3.63) is 28.7 Å². The fourth-order valence-corrected chi connectivity index (χ4v) is 0.621.